The highest BCUT2D eigenvalue weighted by Crippen LogP contribution is 2.42. The zero-order chi connectivity index (χ0) is 13.8. The van der Waals surface area contributed by atoms with Crippen molar-refractivity contribution in [3.63, 3.8) is 0 Å². The molecule has 19 heavy (non-hydrogen) atoms. The van der Waals surface area contributed by atoms with Crippen molar-refractivity contribution in [2.24, 2.45) is 0 Å². The van der Waals surface area contributed by atoms with Gasteiger partial charge in [0.2, 0.25) is 5.95 Å². The first-order valence-corrected chi connectivity index (χ1v) is 8.35. The van der Waals surface area contributed by atoms with Crippen molar-refractivity contribution >= 4 is 34.4 Å². The summed E-state index contributed by atoms with van der Waals surface area (Å²) < 4.78 is 1.21. The van der Waals surface area contributed by atoms with Gasteiger partial charge in [-0.1, -0.05) is 6.92 Å². The molecular formula is C14H23IN4. The fourth-order valence-corrected chi connectivity index (χ4v) is 2.96. The molecule has 2 rings (SSSR count). The van der Waals surface area contributed by atoms with Crippen LogP contribution in [-0.2, 0) is 0 Å². The first-order valence-electron chi connectivity index (χ1n) is 7.27. The summed E-state index contributed by atoms with van der Waals surface area (Å²) in [6.07, 6.45) is 3.66. The molecule has 0 spiro atoms. The van der Waals surface area contributed by atoms with E-state index in [0.29, 0.717) is 5.92 Å². The minimum Gasteiger partial charge on any atom is -0.369 e. The van der Waals surface area contributed by atoms with Gasteiger partial charge in [-0.15, -0.1) is 0 Å². The molecule has 0 unspecified atom stereocenters. The quantitative estimate of drug-likeness (QED) is 0.741. The predicted octanol–water partition coefficient (Wildman–Crippen LogP) is 3.63. The van der Waals surface area contributed by atoms with E-state index in [1.165, 1.54) is 22.1 Å². The molecule has 1 aromatic rings. The van der Waals surface area contributed by atoms with E-state index in [-0.39, 0.29) is 0 Å². The number of hydrogen-bond acceptors (Lipinski definition) is 4. The first kappa shape index (κ1) is 14.8. The Morgan fingerprint density at radius 2 is 1.89 bits per heavy atom. The lowest BCUT2D eigenvalue weighted by Gasteiger charge is -2.21. The third kappa shape index (κ3) is 3.49. The number of nitrogens with zero attached hydrogens (tertiary/aromatic N) is 3. The maximum absolute atomic E-state index is 4.81. The SMILES string of the molecule is CCCNc1nc(N(CC)CC)nc(C2CC2)c1I. The Kier molecular flexibility index (Phi) is 5.24. The second-order valence-electron chi connectivity index (χ2n) is 4.94. The Morgan fingerprint density at radius 3 is 2.42 bits per heavy atom. The summed E-state index contributed by atoms with van der Waals surface area (Å²) in [7, 11) is 0. The van der Waals surface area contributed by atoms with Crippen molar-refractivity contribution < 1.29 is 0 Å². The molecule has 106 valence electrons. The summed E-state index contributed by atoms with van der Waals surface area (Å²) >= 11 is 2.39. The molecule has 5 heteroatoms. The lowest BCUT2D eigenvalue weighted by molar-refractivity contribution is 0.805. The molecule has 1 aliphatic rings. The fraction of sp³-hybridized carbons (Fsp3) is 0.714. The van der Waals surface area contributed by atoms with Crippen LogP contribution >= 0.6 is 22.6 Å². The zero-order valence-electron chi connectivity index (χ0n) is 12.0. The molecular weight excluding hydrogens is 351 g/mol. The van der Waals surface area contributed by atoms with Gasteiger partial charge in [-0.25, -0.2) is 4.98 Å². The van der Waals surface area contributed by atoms with Gasteiger partial charge in [0.1, 0.15) is 5.82 Å². The van der Waals surface area contributed by atoms with Crippen LogP contribution in [0.3, 0.4) is 0 Å². The Bertz CT molecular complexity index is 428. The van der Waals surface area contributed by atoms with E-state index in [0.717, 1.165) is 37.8 Å². The lowest BCUT2D eigenvalue weighted by Crippen LogP contribution is -2.25. The molecule has 1 heterocycles. The fourth-order valence-electron chi connectivity index (χ4n) is 2.09. The molecule has 0 aliphatic heterocycles. The lowest BCUT2D eigenvalue weighted by atomic mass is 10.2. The largest absolute Gasteiger partial charge is 0.369 e. The normalized spacial score (nSPS) is 14.5. The Morgan fingerprint density at radius 1 is 1.21 bits per heavy atom. The minimum atomic E-state index is 0.659. The number of hydrogen-bond donors (Lipinski definition) is 1. The van der Waals surface area contributed by atoms with E-state index in [2.05, 4.69) is 53.6 Å². The molecule has 0 saturated heterocycles. The zero-order valence-corrected chi connectivity index (χ0v) is 14.2. The van der Waals surface area contributed by atoms with Crippen molar-refractivity contribution in [2.45, 2.75) is 46.0 Å². The maximum Gasteiger partial charge on any atom is 0.227 e. The van der Waals surface area contributed by atoms with Crippen LogP contribution in [0.4, 0.5) is 11.8 Å². The van der Waals surface area contributed by atoms with Crippen LogP contribution in [0.5, 0.6) is 0 Å². The summed E-state index contributed by atoms with van der Waals surface area (Å²) in [4.78, 5) is 11.8. The van der Waals surface area contributed by atoms with Gasteiger partial charge in [-0.2, -0.15) is 4.98 Å². The van der Waals surface area contributed by atoms with E-state index in [9.17, 15) is 0 Å². The Labute approximate surface area is 129 Å². The van der Waals surface area contributed by atoms with E-state index in [1.807, 2.05) is 0 Å². The van der Waals surface area contributed by atoms with Crippen LogP contribution < -0.4 is 10.2 Å². The van der Waals surface area contributed by atoms with Crippen molar-refractivity contribution in [1.82, 2.24) is 9.97 Å². The van der Waals surface area contributed by atoms with Gasteiger partial charge in [0.15, 0.2) is 0 Å². The highest BCUT2D eigenvalue weighted by molar-refractivity contribution is 14.1. The molecule has 0 radical (unpaired) electrons. The minimum absolute atomic E-state index is 0.659. The molecule has 0 amide bonds. The summed E-state index contributed by atoms with van der Waals surface area (Å²) in [5.74, 6) is 2.55. The number of nitrogens with one attached hydrogen (secondary N) is 1. The van der Waals surface area contributed by atoms with Gasteiger partial charge in [0, 0.05) is 25.6 Å². The molecule has 1 aliphatic carbocycles. The molecule has 0 aromatic carbocycles. The summed E-state index contributed by atoms with van der Waals surface area (Å²) in [6, 6.07) is 0. The Hall–Kier alpha value is -0.590. The maximum atomic E-state index is 4.81. The van der Waals surface area contributed by atoms with Crippen LogP contribution in [0.15, 0.2) is 0 Å². The monoisotopic (exact) mass is 374 g/mol. The Balaban J connectivity index is 2.35. The van der Waals surface area contributed by atoms with Gasteiger partial charge in [0.25, 0.3) is 0 Å². The highest BCUT2D eigenvalue weighted by atomic mass is 127. The van der Waals surface area contributed by atoms with Crippen LogP contribution in [0.25, 0.3) is 0 Å². The van der Waals surface area contributed by atoms with E-state index in [1.54, 1.807) is 0 Å². The molecule has 0 bridgehead atoms. The van der Waals surface area contributed by atoms with E-state index in [4.69, 9.17) is 9.97 Å². The van der Waals surface area contributed by atoms with Gasteiger partial charge < -0.3 is 10.2 Å². The second kappa shape index (κ2) is 6.72. The van der Waals surface area contributed by atoms with Crippen molar-refractivity contribution in [2.75, 3.05) is 29.9 Å². The smallest absolute Gasteiger partial charge is 0.227 e. The molecule has 0 atom stereocenters. The van der Waals surface area contributed by atoms with E-state index >= 15 is 0 Å². The standard InChI is InChI=1S/C14H23IN4/c1-4-9-16-13-11(15)12(10-7-8-10)17-14(18-13)19(5-2)6-3/h10H,4-9H2,1-3H3,(H,16,17,18). The van der Waals surface area contributed by atoms with Crippen LogP contribution in [0, 0.1) is 3.57 Å². The number of halogens is 1. The molecule has 1 saturated carbocycles. The van der Waals surface area contributed by atoms with Crippen molar-refractivity contribution in [1.29, 1.82) is 0 Å². The third-order valence-electron chi connectivity index (χ3n) is 3.42. The highest BCUT2D eigenvalue weighted by Gasteiger charge is 2.29. The summed E-state index contributed by atoms with van der Waals surface area (Å²) in [5, 5.41) is 3.44. The van der Waals surface area contributed by atoms with E-state index < -0.39 is 0 Å². The summed E-state index contributed by atoms with van der Waals surface area (Å²) in [5.41, 5.74) is 1.25. The number of rotatable bonds is 7. The van der Waals surface area contributed by atoms with Gasteiger partial charge in [0.05, 0.1) is 9.26 Å². The molecule has 1 aromatic heterocycles. The van der Waals surface area contributed by atoms with Crippen molar-refractivity contribution in [3.8, 4) is 0 Å². The van der Waals surface area contributed by atoms with Crippen LogP contribution in [0.2, 0.25) is 0 Å². The number of aromatic nitrogens is 2. The predicted molar refractivity (Wildman–Crippen MR) is 89.1 cm³/mol. The molecule has 4 nitrogen and oxygen atoms in total. The van der Waals surface area contributed by atoms with Crippen molar-refractivity contribution in [3.05, 3.63) is 9.26 Å². The summed E-state index contributed by atoms with van der Waals surface area (Å²) in [6.45, 7) is 9.35. The van der Waals surface area contributed by atoms with Gasteiger partial charge in [-0.3, -0.25) is 0 Å². The van der Waals surface area contributed by atoms with Crippen LogP contribution in [0.1, 0.15) is 51.6 Å². The molecule has 1 N–H and O–H groups in total. The molecule has 1 fully saturated rings. The number of anilines is 2. The first-order chi connectivity index (χ1) is 9.21. The van der Waals surface area contributed by atoms with Gasteiger partial charge in [-0.05, 0) is 55.7 Å². The average molecular weight is 374 g/mol. The van der Waals surface area contributed by atoms with Gasteiger partial charge >= 0.3 is 0 Å². The van der Waals surface area contributed by atoms with Crippen LogP contribution in [-0.4, -0.2) is 29.6 Å². The second-order valence-corrected chi connectivity index (χ2v) is 6.02. The third-order valence-corrected chi connectivity index (χ3v) is 4.48. The topological polar surface area (TPSA) is 41.1 Å². The average Bonchev–Trinajstić information content (AvgIpc) is 3.24.